The fourth-order valence-electron chi connectivity index (χ4n) is 1.91. The number of hydrogen-bond acceptors (Lipinski definition) is 3. The van der Waals surface area contributed by atoms with Crippen LogP contribution < -0.4 is 5.32 Å². The van der Waals surface area contributed by atoms with E-state index in [1.807, 2.05) is 6.92 Å². The number of hydrogen-bond donors (Lipinski definition) is 1. The molecule has 0 bridgehead atoms. The molecule has 4 nitrogen and oxygen atoms in total. The summed E-state index contributed by atoms with van der Waals surface area (Å²) in [7, 11) is 0. The van der Waals surface area contributed by atoms with Gasteiger partial charge in [-0.15, -0.1) is 0 Å². The molecule has 1 aliphatic heterocycles. The van der Waals surface area contributed by atoms with E-state index in [1.54, 1.807) is 6.20 Å². The number of anilines is 1. The third-order valence-corrected chi connectivity index (χ3v) is 3.20. The summed E-state index contributed by atoms with van der Waals surface area (Å²) < 4.78 is 0. The molecule has 0 aliphatic carbocycles. The first kappa shape index (κ1) is 11.0. The van der Waals surface area contributed by atoms with E-state index in [1.165, 1.54) is 0 Å². The molecule has 16 heavy (non-hydrogen) atoms. The van der Waals surface area contributed by atoms with Crippen LogP contribution in [0.3, 0.4) is 0 Å². The molecule has 1 aromatic rings. The SMILES string of the molecule is CCC(C)c1ncc2c(n1)C(CC)C(=O)N2. The minimum Gasteiger partial charge on any atom is -0.323 e. The molecule has 1 amide bonds. The van der Waals surface area contributed by atoms with E-state index in [4.69, 9.17) is 0 Å². The van der Waals surface area contributed by atoms with Crippen molar-refractivity contribution in [2.45, 2.75) is 45.4 Å². The Kier molecular flexibility index (Phi) is 2.90. The molecule has 2 heterocycles. The van der Waals surface area contributed by atoms with Gasteiger partial charge in [0.05, 0.1) is 23.5 Å². The third kappa shape index (κ3) is 1.68. The van der Waals surface area contributed by atoms with Crippen LogP contribution in [0.1, 0.15) is 57.0 Å². The Hall–Kier alpha value is -1.45. The van der Waals surface area contributed by atoms with Crippen molar-refractivity contribution in [2.75, 3.05) is 5.32 Å². The summed E-state index contributed by atoms with van der Waals surface area (Å²) in [6.45, 7) is 6.22. The topological polar surface area (TPSA) is 54.9 Å². The lowest BCUT2D eigenvalue weighted by molar-refractivity contribution is -0.117. The largest absolute Gasteiger partial charge is 0.323 e. The Balaban J connectivity index is 2.39. The van der Waals surface area contributed by atoms with Gasteiger partial charge in [-0.3, -0.25) is 4.79 Å². The molecule has 0 aromatic carbocycles. The van der Waals surface area contributed by atoms with Crippen LogP contribution >= 0.6 is 0 Å². The van der Waals surface area contributed by atoms with E-state index in [9.17, 15) is 4.79 Å². The zero-order valence-corrected chi connectivity index (χ0v) is 9.95. The number of nitrogens with one attached hydrogen (secondary N) is 1. The highest BCUT2D eigenvalue weighted by Crippen LogP contribution is 2.33. The molecular formula is C12H17N3O. The Labute approximate surface area is 95.5 Å². The number of aromatic nitrogens is 2. The van der Waals surface area contributed by atoms with Crippen LogP contribution in [-0.2, 0) is 4.79 Å². The molecule has 86 valence electrons. The fourth-order valence-corrected chi connectivity index (χ4v) is 1.91. The standard InChI is InChI=1S/C12H17N3O/c1-4-7(3)11-13-6-9-10(15-11)8(5-2)12(16)14-9/h6-8H,4-5H2,1-3H3,(H,14,16). The van der Waals surface area contributed by atoms with Crippen molar-refractivity contribution >= 4 is 11.6 Å². The first-order chi connectivity index (χ1) is 7.67. The average molecular weight is 219 g/mol. The normalized spacial score (nSPS) is 20.4. The molecule has 0 fully saturated rings. The summed E-state index contributed by atoms with van der Waals surface area (Å²) in [5.41, 5.74) is 1.65. The van der Waals surface area contributed by atoms with Gasteiger partial charge in [0.1, 0.15) is 5.82 Å². The maximum absolute atomic E-state index is 11.6. The van der Waals surface area contributed by atoms with Crippen LogP contribution in [0.4, 0.5) is 5.69 Å². The van der Waals surface area contributed by atoms with Crippen molar-refractivity contribution in [2.24, 2.45) is 0 Å². The van der Waals surface area contributed by atoms with Crippen LogP contribution in [-0.4, -0.2) is 15.9 Å². The van der Waals surface area contributed by atoms with Gasteiger partial charge in [0, 0.05) is 5.92 Å². The first-order valence-electron chi connectivity index (χ1n) is 5.85. The maximum atomic E-state index is 11.6. The summed E-state index contributed by atoms with van der Waals surface area (Å²) in [6.07, 6.45) is 3.53. The highest BCUT2D eigenvalue weighted by atomic mass is 16.2. The van der Waals surface area contributed by atoms with Crippen molar-refractivity contribution in [3.8, 4) is 0 Å². The van der Waals surface area contributed by atoms with Crippen molar-refractivity contribution in [1.29, 1.82) is 0 Å². The highest BCUT2D eigenvalue weighted by Gasteiger charge is 2.31. The fraction of sp³-hybridized carbons (Fsp3) is 0.583. The monoisotopic (exact) mass is 219 g/mol. The third-order valence-electron chi connectivity index (χ3n) is 3.20. The number of nitrogens with zero attached hydrogens (tertiary/aromatic N) is 2. The van der Waals surface area contributed by atoms with E-state index < -0.39 is 0 Å². The van der Waals surface area contributed by atoms with Gasteiger partial charge in [0.2, 0.25) is 5.91 Å². The van der Waals surface area contributed by atoms with Crippen molar-refractivity contribution in [3.05, 3.63) is 17.7 Å². The number of fused-ring (bicyclic) bond motifs is 1. The second-order valence-corrected chi connectivity index (χ2v) is 4.29. The molecule has 2 rings (SSSR count). The average Bonchev–Trinajstić information content (AvgIpc) is 2.62. The molecule has 4 heteroatoms. The first-order valence-corrected chi connectivity index (χ1v) is 5.85. The lowest BCUT2D eigenvalue weighted by Crippen LogP contribution is -2.11. The van der Waals surface area contributed by atoms with Crippen molar-refractivity contribution < 1.29 is 4.79 Å². The number of rotatable bonds is 3. The molecule has 1 aliphatic rings. The van der Waals surface area contributed by atoms with Crippen LogP contribution in [0, 0.1) is 0 Å². The molecule has 2 unspecified atom stereocenters. The lowest BCUT2D eigenvalue weighted by Gasteiger charge is -2.09. The van der Waals surface area contributed by atoms with Gasteiger partial charge in [-0.25, -0.2) is 9.97 Å². The minimum atomic E-state index is -0.0965. The maximum Gasteiger partial charge on any atom is 0.233 e. The predicted octanol–water partition coefficient (Wildman–Crippen LogP) is 2.44. The molecule has 2 atom stereocenters. The van der Waals surface area contributed by atoms with E-state index in [-0.39, 0.29) is 11.8 Å². The van der Waals surface area contributed by atoms with E-state index >= 15 is 0 Å². The molecule has 0 saturated heterocycles. The van der Waals surface area contributed by atoms with Crippen molar-refractivity contribution in [3.63, 3.8) is 0 Å². The quantitative estimate of drug-likeness (QED) is 0.849. The lowest BCUT2D eigenvalue weighted by atomic mass is 10.0. The predicted molar refractivity (Wildman–Crippen MR) is 62.4 cm³/mol. The number of amides is 1. The van der Waals surface area contributed by atoms with E-state index in [2.05, 4.69) is 29.1 Å². The summed E-state index contributed by atoms with van der Waals surface area (Å²) in [5.74, 6) is 1.14. The Morgan fingerprint density at radius 3 is 2.88 bits per heavy atom. The van der Waals surface area contributed by atoms with Gasteiger partial charge < -0.3 is 5.32 Å². The van der Waals surface area contributed by atoms with Gasteiger partial charge >= 0.3 is 0 Å². The molecule has 0 spiro atoms. The Morgan fingerprint density at radius 2 is 2.25 bits per heavy atom. The smallest absolute Gasteiger partial charge is 0.233 e. The summed E-state index contributed by atoms with van der Waals surface area (Å²) in [6, 6.07) is 0. The molecule has 0 saturated carbocycles. The number of carbonyl (C=O) groups excluding carboxylic acids is 1. The minimum absolute atomic E-state index is 0.0492. The second-order valence-electron chi connectivity index (χ2n) is 4.29. The highest BCUT2D eigenvalue weighted by molar-refractivity contribution is 6.01. The van der Waals surface area contributed by atoms with Gasteiger partial charge in [-0.1, -0.05) is 20.8 Å². The zero-order valence-electron chi connectivity index (χ0n) is 9.95. The summed E-state index contributed by atoms with van der Waals surface area (Å²) in [5, 5.41) is 2.82. The summed E-state index contributed by atoms with van der Waals surface area (Å²) in [4.78, 5) is 20.5. The summed E-state index contributed by atoms with van der Waals surface area (Å²) >= 11 is 0. The second kappa shape index (κ2) is 4.20. The van der Waals surface area contributed by atoms with Gasteiger partial charge in [-0.05, 0) is 12.8 Å². The van der Waals surface area contributed by atoms with Crippen LogP contribution in [0.2, 0.25) is 0 Å². The molecular weight excluding hydrogens is 202 g/mol. The van der Waals surface area contributed by atoms with Crippen molar-refractivity contribution in [1.82, 2.24) is 9.97 Å². The van der Waals surface area contributed by atoms with Gasteiger partial charge in [0.25, 0.3) is 0 Å². The van der Waals surface area contributed by atoms with E-state index in [0.717, 1.165) is 30.0 Å². The van der Waals surface area contributed by atoms with E-state index in [0.29, 0.717) is 5.92 Å². The Bertz CT molecular complexity index is 417. The number of carbonyl (C=O) groups is 1. The Morgan fingerprint density at radius 1 is 1.50 bits per heavy atom. The molecule has 0 radical (unpaired) electrons. The molecule has 1 aromatic heterocycles. The van der Waals surface area contributed by atoms with Gasteiger partial charge in [-0.2, -0.15) is 0 Å². The van der Waals surface area contributed by atoms with Crippen LogP contribution in [0.25, 0.3) is 0 Å². The molecule has 1 N–H and O–H groups in total. The van der Waals surface area contributed by atoms with Crippen LogP contribution in [0.15, 0.2) is 6.20 Å². The van der Waals surface area contributed by atoms with Gasteiger partial charge in [0.15, 0.2) is 0 Å². The zero-order chi connectivity index (χ0) is 11.7. The van der Waals surface area contributed by atoms with Crippen LogP contribution in [0.5, 0.6) is 0 Å².